The Labute approximate surface area is 102 Å². The summed E-state index contributed by atoms with van der Waals surface area (Å²) in [6.07, 6.45) is 0.720. The average molecular weight is 282 g/mol. The van der Waals surface area contributed by atoms with Gasteiger partial charge in [0, 0.05) is 10.9 Å². The molecule has 0 spiro atoms. The molecule has 2 rings (SSSR count). The van der Waals surface area contributed by atoms with E-state index in [1.54, 1.807) is 0 Å². The lowest BCUT2D eigenvalue weighted by atomic mass is 10.1. The summed E-state index contributed by atoms with van der Waals surface area (Å²) in [6.45, 7) is 1.96. The van der Waals surface area contributed by atoms with Crippen LogP contribution in [0.25, 0.3) is 0 Å². The van der Waals surface area contributed by atoms with Gasteiger partial charge in [0.2, 0.25) is 5.89 Å². The van der Waals surface area contributed by atoms with Crippen LogP contribution in [0.4, 0.5) is 0 Å². The van der Waals surface area contributed by atoms with E-state index in [9.17, 15) is 0 Å². The molecule has 2 aromatic rings. The van der Waals surface area contributed by atoms with Crippen LogP contribution in [-0.4, -0.2) is 10.1 Å². The van der Waals surface area contributed by atoms with Crippen molar-refractivity contribution in [3.63, 3.8) is 0 Å². The van der Waals surface area contributed by atoms with Gasteiger partial charge in [-0.15, -0.1) is 0 Å². The van der Waals surface area contributed by atoms with E-state index in [4.69, 9.17) is 10.3 Å². The molecule has 84 valence electrons. The molecule has 1 heterocycles. The quantitative estimate of drug-likeness (QED) is 0.939. The number of benzene rings is 1. The maximum Gasteiger partial charge on any atom is 0.226 e. The fourth-order valence-electron chi connectivity index (χ4n) is 1.39. The predicted molar refractivity (Wildman–Crippen MR) is 63.8 cm³/mol. The van der Waals surface area contributed by atoms with Crippen LogP contribution in [0.5, 0.6) is 0 Å². The van der Waals surface area contributed by atoms with Crippen molar-refractivity contribution in [3.05, 3.63) is 46.0 Å². The van der Waals surface area contributed by atoms with Crippen LogP contribution in [0.15, 0.2) is 33.3 Å². The number of halogens is 1. The molecule has 0 fully saturated rings. The van der Waals surface area contributed by atoms with Crippen molar-refractivity contribution in [1.29, 1.82) is 0 Å². The lowest BCUT2D eigenvalue weighted by molar-refractivity contribution is 0.375. The van der Waals surface area contributed by atoms with Crippen LogP contribution >= 0.6 is 15.9 Å². The van der Waals surface area contributed by atoms with Crippen molar-refractivity contribution in [2.45, 2.75) is 19.4 Å². The largest absolute Gasteiger partial charge is 0.339 e. The molecule has 2 N–H and O–H groups in total. The zero-order valence-electron chi connectivity index (χ0n) is 8.85. The Morgan fingerprint density at radius 3 is 2.94 bits per heavy atom. The van der Waals surface area contributed by atoms with Crippen molar-refractivity contribution < 1.29 is 4.52 Å². The van der Waals surface area contributed by atoms with Gasteiger partial charge in [0.15, 0.2) is 5.82 Å². The van der Waals surface area contributed by atoms with Crippen molar-refractivity contribution >= 4 is 15.9 Å². The lowest BCUT2D eigenvalue weighted by Crippen LogP contribution is -2.13. The predicted octanol–water partition coefficient (Wildman–Crippen LogP) is 2.44. The van der Waals surface area contributed by atoms with E-state index in [2.05, 4.69) is 26.1 Å². The molecule has 0 saturated heterocycles. The topological polar surface area (TPSA) is 64.9 Å². The van der Waals surface area contributed by atoms with Crippen LogP contribution in [-0.2, 0) is 6.42 Å². The second kappa shape index (κ2) is 4.76. The summed E-state index contributed by atoms with van der Waals surface area (Å²) in [7, 11) is 0. The summed E-state index contributed by atoms with van der Waals surface area (Å²) >= 11 is 3.40. The molecular formula is C11H12BrN3O. The van der Waals surface area contributed by atoms with E-state index in [0.29, 0.717) is 11.7 Å². The highest BCUT2D eigenvalue weighted by Gasteiger charge is 2.15. The molecule has 0 saturated carbocycles. The van der Waals surface area contributed by atoms with Crippen LogP contribution in [0.3, 0.4) is 0 Å². The van der Waals surface area contributed by atoms with Crippen LogP contribution in [0.1, 0.15) is 30.2 Å². The van der Waals surface area contributed by atoms with Gasteiger partial charge in [0.1, 0.15) is 0 Å². The Bertz CT molecular complexity index is 484. The van der Waals surface area contributed by atoms with E-state index in [-0.39, 0.29) is 6.04 Å². The summed E-state index contributed by atoms with van der Waals surface area (Å²) in [5.41, 5.74) is 7.00. The molecule has 1 atom stereocenters. The second-order valence-electron chi connectivity index (χ2n) is 3.43. The first-order valence-corrected chi connectivity index (χ1v) is 5.83. The first-order valence-electron chi connectivity index (χ1n) is 5.04. The SMILES string of the molecule is CCc1nc(C(N)c2cccc(Br)c2)no1. The molecule has 4 nitrogen and oxygen atoms in total. The Hall–Kier alpha value is -1.20. The third-order valence-electron chi connectivity index (χ3n) is 2.27. The zero-order valence-corrected chi connectivity index (χ0v) is 10.4. The van der Waals surface area contributed by atoms with Crippen LogP contribution < -0.4 is 5.73 Å². The Balaban J connectivity index is 2.27. The molecular weight excluding hydrogens is 270 g/mol. The lowest BCUT2D eigenvalue weighted by Gasteiger charge is -2.07. The Morgan fingerprint density at radius 1 is 1.50 bits per heavy atom. The molecule has 16 heavy (non-hydrogen) atoms. The van der Waals surface area contributed by atoms with E-state index >= 15 is 0 Å². The van der Waals surface area contributed by atoms with Crippen molar-refractivity contribution in [2.75, 3.05) is 0 Å². The number of rotatable bonds is 3. The summed E-state index contributed by atoms with van der Waals surface area (Å²) in [5.74, 6) is 1.13. The Morgan fingerprint density at radius 2 is 2.31 bits per heavy atom. The molecule has 0 aliphatic rings. The summed E-state index contributed by atoms with van der Waals surface area (Å²) in [5, 5.41) is 3.87. The number of hydrogen-bond acceptors (Lipinski definition) is 4. The number of aromatic nitrogens is 2. The average Bonchev–Trinajstić information content (AvgIpc) is 2.76. The molecule has 0 amide bonds. The highest BCUT2D eigenvalue weighted by atomic mass is 79.9. The zero-order chi connectivity index (χ0) is 11.5. The molecule has 0 aliphatic carbocycles. The Kier molecular flexibility index (Phi) is 3.36. The highest BCUT2D eigenvalue weighted by Crippen LogP contribution is 2.20. The summed E-state index contributed by atoms with van der Waals surface area (Å²) < 4.78 is 6.02. The number of nitrogens with two attached hydrogens (primary N) is 1. The smallest absolute Gasteiger partial charge is 0.226 e. The molecule has 1 aromatic heterocycles. The first-order chi connectivity index (χ1) is 7.70. The van der Waals surface area contributed by atoms with Crippen molar-refractivity contribution in [1.82, 2.24) is 10.1 Å². The first kappa shape index (κ1) is 11.3. The van der Waals surface area contributed by atoms with Gasteiger partial charge >= 0.3 is 0 Å². The third-order valence-corrected chi connectivity index (χ3v) is 2.77. The number of aryl methyl sites for hydroxylation is 1. The molecule has 0 radical (unpaired) electrons. The van der Waals surface area contributed by atoms with Gasteiger partial charge in [0.05, 0.1) is 6.04 Å². The molecule has 0 aliphatic heterocycles. The van der Waals surface area contributed by atoms with Gasteiger partial charge in [-0.3, -0.25) is 0 Å². The minimum Gasteiger partial charge on any atom is -0.339 e. The number of nitrogens with zero attached hydrogens (tertiary/aromatic N) is 2. The van der Waals surface area contributed by atoms with Gasteiger partial charge in [0.25, 0.3) is 0 Å². The van der Waals surface area contributed by atoms with Crippen LogP contribution in [0.2, 0.25) is 0 Å². The minimum absolute atomic E-state index is 0.346. The van der Waals surface area contributed by atoms with Crippen molar-refractivity contribution in [3.8, 4) is 0 Å². The van der Waals surface area contributed by atoms with Gasteiger partial charge in [-0.25, -0.2) is 0 Å². The molecule has 5 heteroatoms. The fourth-order valence-corrected chi connectivity index (χ4v) is 1.80. The fraction of sp³-hybridized carbons (Fsp3) is 0.273. The number of hydrogen-bond donors (Lipinski definition) is 1. The van der Waals surface area contributed by atoms with E-state index in [1.165, 1.54) is 0 Å². The minimum atomic E-state index is -0.346. The second-order valence-corrected chi connectivity index (χ2v) is 4.35. The van der Waals surface area contributed by atoms with E-state index in [1.807, 2.05) is 31.2 Å². The normalized spacial score (nSPS) is 12.7. The highest BCUT2D eigenvalue weighted by molar-refractivity contribution is 9.10. The third kappa shape index (κ3) is 2.31. The maximum atomic E-state index is 6.05. The molecule has 1 unspecified atom stereocenters. The monoisotopic (exact) mass is 281 g/mol. The molecule has 1 aromatic carbocycles. The molecule has 0 bridgehead atoms. The van der Waals surface area contributed by atoms with E-state index in [0.717, 1.165) is 16.5 Å². The summed E-state index contributed by atoms with van der Waals surface area (Å²) in [4.78, 5) is 4.22. The van der Waals surface area contributed by atoms with Gasteiger partial charge in [-0.2, -0.15) is 4.98 Å². The van der Waals surface area contributed by atoms with Gasteiger partial charge < -0.3 is 10.3 Å². The van der Waals surface area contributed by atoms with Crippen LogP contribution in [0, 0.1) is 0 Å². The standard InChI is InChI=1S/C11H12BrN3O/c1-2-9-14-11(15-16-9)10(13)7-4-3-5-8(12)6-7/h3-6,10H,2,13H2,1H3. The van der Waals surface area contributed by atoms with Crippen molar-refractivity contribution in [2.24, 2.45) is 5.73 Å². The van der Waals surface area contributed by atoms with Gasteiger partial charge in [-0.1, -0.05) is 40.1 Å². The van der Waals surface area contributed by atoms with E-state index < -0.39 is 0 Å². The maximum absolute atomic E-state index is 6.05. The van der Waals surface area contributed by atoms with Gasteiger partial charge in [-0.05, 0) is 17.7 Å². The summed E-state index contributed by atoms with van der Waals surface area (Å²) in [6, 6.07) is 7.43.